The lowest BCUT2D eigenvalue weighted by Crippen LogP contribution is -2.40. The van der Waals surface area contributed by atoms with Gasteiger partial charge in [-0.15, -0.1) is 0 Å². The minimum absolute atomic E-state index is 0.373. The average molecular weight is 250 g/mol. The van der Waals surface area contributed by atoms with Crippen molar-refractivity contribution in [3.05, 3.63) is 29.8 Å². The van der Waals surface area contributed by atoms with E-state index in [9.17, 15) is 9.59 Å². The Bertz CT molecular complexity index is 432. The van der Waals surface area contributed by atoms with E-state index in [-0.39, 0.29) is 0 Å². The van der Waals surface area contributed by atoms with Crippen LogP contribution in [0, 0.1) is 0 Å². The number of unbranched alkanes of at least 4 members (excludes halogenated alkanes) is 1. The van der Waals surface area contributed by atoms with Crippen LogP contribution in [0.15, 0.2) is 24.3 Å². The fourth-order valence-electron chi connectivity index (χ4n) is 1.59. The summed E-state index contributed by atoms with van der Waals surface area (Å²) in [6.45, 7) is 1.97. The van der Waals surface area contributed by atoms with Gasteiger partial charge in [-0.25, -0.2) is 4.79 Å². The van der Waals surface area contributed by atoms with Crippen LogP contribution in [0.2, 0.25) is 0 Å². The van der Waals surface area contributed by atoms with Gasteiger partial charge in [0.15, 0.2) is 0 Å². The van der Waals surface area contributed by atoms with Crippen molar-refractivity contribution in [3.63, 3.8) is 0 Å². The second-order valence-corrected chi connectivity index (χ2v) is 4.13. The van der Waals surface area contributed by atoms with Crippen molar-refractivity contribution in [2.75, 3.05) is 5.73 Å². The van der Waals surface area contributed by atoms with Crippen LogP contribution in [0.3, 0.4) is 0 Å². The van der Waals surface area contributed by atoms with E-state index in [1.807, 2.05) is 6.92 Å². The molecule has 98 valence electrons. The second kappa shape index (κ2) is 6.64. The van der Waals surface area contributed by atoms with E-state index < -0.39 is 17.9 Å². The molecule has 0 aliphatic carbocycles. The molecule has 1 atom stereocenters. The molecular weight excluding hydrogens is 232 g/mol. The molecule has 0 radical (unpaired) electrons. The molecule has 0 bridgehead atoms. The van der Waals surface area contributed by atoms with Gasteiger partial charge in [0, 0.05) is 11.3 Å². The number of carboxylic acid groups (broad SMARTS) is 1. The number of nitrogens with two attached hydrogens (primary N) is 1. The Labute approximate surface area is 106 Å². The lowest BCUT2D eigenvalue weighted by Gasteiger charge is -2.14. The SMILES string of the molecule is CCCC[C@H](NC(=O)c1cccc(N)c1)C(=O)O. The molecule has 5 nitrogen and oxygen atoms in total. The van der Waals surface area contributed by atoms with E-state index in [0.717, 1.165) is 12.8 Å². The van der Waals surface area contributed by atoms with Gasteiger partial charge in [0.05, 0.1) is 0 Å². The Morgan fingerprint density at radius 3 is 2.72 bits per heavy atom. The van der Waals surface area contributed by atoms with E-state index in [1.54, 1.807) is 18.2 Å². The first-order valence-corrected chi connectivity index (χ1v) is 5.93. The third-order valence-electron chi connectivity index (χ3n) is 2.60. The predicted octanol–water partition coefficient (Wildman–Crippen LogP) is 1.64. The highest BCUT2D eigenvalue weighted by Crippen LogP contribution is 2.08. The van der Waals surface area contributed by atoms with Crippen LogP contribution in [-0.4, -0.2) is 23.0 Å². The highest BCUT2D eigenvalue weighted by molar-refractivity contribution is 5.97. The molecule has 0 heterocycles. The number of hydrogen-bond donors (Lipinski definition) is 3. The standard InChI is InChI=1S/C13H18N2O3/c1-2-3-7-11(13(17)18)15-12(16)9-5-4-6-10(14)8-9/h4-6,8,11H,2-3,7,14H2,1H3,(H,15,16)(H,17,18)/t11-/m0/s1. The molecule has 0 fully saturated rings. The van der Waals surface area contributed by atoms with Gasteiger partial charge in [-0.1, -0.05) is 25.8 Å². The summed E-state index contributed by atoms with van der Waals surface area (Å²) in [7, 11) is 0. The first-order chi connectivity index (χ1) is 8.54. The third kappa shape index (κ3) is 4.08. The summed E-state index contributed by atoms with van der Waals surface area (Å²) in [5, 5.41) is 11.5. The van der Waals surface area contributed by atoms with Gasteiger partial charge >= 0.3 is 5.97 Å². The Balaban J connectivity index is 2.69. The third-order valence-corrected chi connectivity index (χ3v) is 2.60. The van der Waals surface area contributed by atoms with Crippen molar-refractivity contribution in [2.45, 2.75) is 32.2 Å². The van der Waals surface area contributed by atoms with Crippen molar-refractivity contribution in [2.24, 2.45) is 0 Å². The van der Waals surface area contributed by atoms with E-state index in [0.29, 0.717) is 17.7 Å². The van der Waals surface area contributed by atoms with Crippen molar-refractivity contribution in [1.29, 1.82) is 0 Å². The molecule has 18 heavy (non-hydrogen) atoms. The molecule has 1 aromatic carbocycles. The van der Waals surface area contributed by atoms with Crippen LogP contribution < -0.4 is 11.1 Å². The summed E-state index contributed by atoms with van der Waals surface area (Å²) < 4.78 is 0. The van der Waals surface area contributed by atoms with Gasteiger partial charge in [0.2, 0.25) is 0 Å². The number of nitrogens with one attached hydrogen (secondary N) is 1. The first-order valence-electron chi connectivity index (χ1n) is 5.93. The van der Waals surface area contributed by atoms with Crippen molar-refractivity contribution >= 4 is 17.6 Å². The molecule has 0 saturated carbocycles. The van der Waals surface area contributed by atoms with E-state index in [2.05, 4.69) is 5.32 Å². The fraction of sp³-hybridized carbons (Fsp3) is 0.385. The summed E-state index contributed by atoms with van der Waals surface area (Å²) in [6.07, 6.45) is 2.08. The van der Waals surface area contributed by atoms with E-state index in [1.165, 1.54) is 6.07 Å². The molecule has 5 heteroatoms. The molecule has 0 aliphatic rings. The number of amides is 1. The predicted molar refractivity (Wildman–Crippen MR) is 69.3 cm³/mol. The molecule has 1 amide bonds. The summed E-state index contributed by atoms with van der Waals surface area (Å²) in [6, 6.07) is 5.60. The first kappa shape index (κ1) is 14.0. The number of carbonyl (C=O) groups is 2. The maximum absolute atomic E-state index is 11.8. The molecule has 1 aromatic rings. The highest BCUT2D eigenvalue weighted by atomic mass is 16.4. The van der Waals surface area contributed by atoms with Crippen LogP contribution in [0.1, 0.15) is 36.5 Å². The summed E-state index contributed by atoms with van der Waals surface area (Å²) in [4.78, 5) is 22.8. The highest BCUT2D eigenvalue weighted by Gasteiger charge is 2.19. The van der Waals surface area contributed by atoms with E-state index in [4.69, 9.17) is 10.8 Å². The molecular formula is C13H18N2O3. The van der Waals surface area contributed by atoms with Gasteiger partial charge in [-0.3, -0.25) is 4.79 Å². The topological polar surface area (TPSA) is 92.4 Å². The van der Waals surface area contributed by atoms with Gasteiger partial charge < -0.3 is 16.2 Å². The Morgan fingerprint density at radius 1 is 1.44 bits per heavy atom. The maximum atomic E-state index is 11.8. The molecule has 0 aromatic heterocycles. The van der Waals surface area contributed by atoms with E-state index >= 15 is 0 Å². The van der Waals surface area contributed by atoms with Gasteiger partial charge in [0.1, 0.15) is 6.04 Å². The number of carboxylic acids is 1. The quantitative estimate of drug-likeness (QED) is 0.669. The summed E-state index contributed by atoms with van der Waals surface area (Å²) in [5.74, 6) is -1.42. The van der Waals surface area contributed by atoms with Crippen molar-refractivity contribution in [1.82, 2.24) is 5.32 Å². The van der Waals surface area contributed by atoms with Crippen LogP contribution in [0.4, 0.5) is 5.69 Å². The molecule has 0 aliphatic heterocycles. The monoisotopic (exact) mass is 250 g/mol. The number of carbonyl (C=O) groups excluding carboxylic acids is 1. The van der Waals surface area contributed by atoms with Gasteiger partial charge in [-0.2, -0.15) is 0 Å². The molecule has 0 unspecified atom stereocenters. The Kier molecular flexibility index (Phi) is 5.17. The van der Waals surface area contributed by atoms with Crippen molar-refractivity contribution in [3.8, 4) is 0 Å². The summed E-state index contributed by atoms with van der Waals surface area (Å²) >= 11 is 0. The maximum Gasteiger partial charge on any atom is 0.326 e. The number of nitrogen functional groups attached to an aromatic ring is 1. The molecule has 4 N–H and O–H groups in total. The molecule has 1 rings (SSSR count). The minimum Gasteiger partial charge on any atom is -0.480 e. The molecule has 0 saturated heterocycles. The second-order valence-electron chi connectivity index (χ2n) is 4.13. The normalized spacial score (nSPS) is 11.8. The summed E-state index contributed by atoms with van der Waals surface area (Å²) in [5.41, 5.74) is 6.42. The Hall–Kier alpha value is -2.04. The zero-order valence-corrected chi connectivity index (χ0v) is 10.3. The fourth-order valence-corrected chi connectivity index (χ4v) is 1.59. The number of hydrogen-bond acceptors (Lipinski definition) is 3. The van der Waals surface area contributed by atoms with Crippen molar-refractivity contribution < 1.29 is 14.7 Å². The lowest BCUT2D eigenvalue weighted by molar-refractivity contribution is -0.139. The number of benzene rings is 1. The zero-order valence-electron chi connectivity index (χ0n) is 10.3. The number of aliphatic carboxylic acids is 1. The van der Waals surface area contributed by atoms with Crippen LogP contribution >= 0.6 is 0 Å². The van der Waals surface area contributed by atoms with Crippen LogP contribution in [0.25, 0.3) is 0 Å². The van der Waals surface area contributed by atoms with Crippen LogP contribution in [-0.2, 0) is 4.79 Å². The largest absolute Gasteiger partial charge is 0.480 e. The molecule has 0 spiro atoms. The van der Waals surface area contributed by atoms with Crippen LogP contribution in [0.5, 0.6) is 0 Å². The minimum atomic E-state index is -1.01. The number of rotatable bonds is 6. The smallest absolute Gasteiger partial charge is 0.326 e. The lowest BCUT2D eigenvalue weighted by atomic mass is 10.1. The number of anilines is 1. The average Bonchev–Trinajstić information content (AvgIpc) is 2.33. The van der Waals surface area contributed by atoms with Gasteiger partial charge in [-0.05, 0) is 24.6 Å². The Morgan fingerprint density at radius 2 is 2.17 bits per heavy atom. The zero-order chi connectivity index (χ0) is 13.5. The van der Waals surface area contributed by atoms with Gasteiger partial charge in [0.25, 0.3) is 5.91 Å².